The molecule has 3 aliphatic rings. The standard InChI is InChI=1S/C21H34N4O3/c1-20(23-18(26)16-5-3-4-6-16)9-12-28-21(19(20)27)7-10-25(11-8-21)14-17-13-22-15-24(17)2/h13,15-16,19,27H,3-12,14H2,1-2H3,(H,23,26)/t19-,20+/m0/s1. The summed E-state index contributed by atoms with van der Waals surface area (Å²) >= 11 is 0. The van der Waals surface area contributed by atoms with E-state index in [1.165, 1.54) is 5.69 Å². The molecule has 3 heterocycles. The van der Waals surface area contributed by atoms with Gasteiger partial charge in [0.2, 0.25) is 5.91 Å². The molecule has 3 fully saturated rings. The van der Waals surface area contributed by atoms with Gasteiger partial charge in [-0.2, -0.15) is 0 Å². The second-order valence-corrected chi connectivity index (χ2v) is 9.23. The number of hydrogen-bond acceptors (Lipinski definition) is 5. The number of likely N-dealkylation sites (tertiary alicyclic amines) is 1. The van der Waals surface area contributed by atoms with Crippen LogP contribution in [0, 0.1) is 5.92 Å². The number of amides is 1. The quantitative estimate of drug-likeness (QED) is 0.816. The monoisotopic (exact) mass is 390 g/mol. The topological polar surface area (TPSA) is 79.6 Å². The molecule has 1 spiro atoms. The summed E-state index contributed by atoms with van der Waals surface area (Å²) in [5, 5.41) is 14.5. The first kappa shape index (κ1) is 19.9. The van der Waals surface area contributed by atoms with Crippen molar-refractivity contribution >= 4 is 5.91 Å². The molecule has 1 aromatic heterocycles. The number of hydrogen-bond donors (Lipinski definition) is 2. The Bertz CT molecular complexity index is 692. The molecule has 28 heavy (non-hydrogen) atoms. The van der Waals surface area contributed by atoms with Crippen LogP contribution in [0.3, 0.4) is 0 Å². The molecule has 4 rings (SSSR count). The Labute approximate surface area is 167 Å². The van der Waals surface area contributed by atoms with Crippen LogP contribution in [0.25, 0.3) is 0 Å². The molecule has 0 aromatic carbocycles. The average molecular weight is 391 g/mol. The van der Waals surface area contributed by atoms with Gasteiger partial charge in [-0.15, -0.1) is 0 Å². The molecule has 156 valence electrons. The van der Waals surface area contributed by atoms with Gasteiger partial charge in [-0.1, -0.05) is 12.8 Å². The van der Waals surface area contributed by atoms with E-state index in [-0.39, 0.29) is 11.8 Å². The summed E-state index contributed by atoms with van der Waals surface area (Å²) in [5.74, 6) is 0.230. The molecule has 7 nitrogen and oxygen atoms in total. The first-order valence-corrected chi connectivity index (χ1v) is 10.7. The van der Waals surface area contributed by atoms with E-state index in [0.29, 0.717) is 13.0 Å². The van der Waals surface area contributed by atoms with E-state index in [9.17, 15) is 9.90 Å². The largest absolute Gasteiger partial charge is 0.388 e. The average Bonchev–Trinajstić information content (AvgIpc) is 3.34. The normalized spacial score (nSPS) is 31.3. The van der Waals surface area contributed by atoms with E-state index in [1.807, 2.05) is 31.1 Å². The lowest BCUT2D eigenvalue weighted by molar-refractivity contribution is -0.208. The van der Waals surface area contributed by atoms with Gasteiger partial charge < -0.3 is 19.7 Å². The summed E-state index contributed by atoms with van der Waals surface area (Å²) in [6, 6.07) is 0. The van der Waals surface area contributed by atoms with Gasteiger partial charge >= 0.3 is 0 Å². The highest BCUT2D eigenvalue weighted by Crippen LogP contribution is 2.40. The van der Waals surface area contributed by atoms with Crippen LogP contribution in [0.5, 0.6) is 0 Å². The van der Waals surface area contributed by atoms with Crippen LogP contribution in [0.2, 0.25) is 0 Å². The SMILES string of the molecule is Cn1cncc1CN1CCC2(CC1)OCC[C@@](C)(NC(=O)C1CCCC1)[C@@H]2O. The lowest BCUT2D eigenvalue weighted by Gasteiger charge is -2.53. The molecule has 7 heteroatoms. The Morgan fingerprint density at radius 3 is 2.68 bits per heavy atom. The molecular formula is C21H34N4O3. The lowest BCUT2D eigenvalue weighted by Crippen LogP contribution is -2.69. The van der Waals surface area contributed by atoms with E-state index in [1.54, 1.807) is 0 Å². The van der Waals surface area contributed by atoms with Gasteiger partial charge in [0.05, 0.1) is 23.2 Å². The Hall–Kier alpha value is -1.44. The fraction of sp³-hybridized carbons (Fsp3) is 0.810. The van der Waals surface area contributed by atoms with Crippen molar-refractivity contribution in [2.75, 3.05) is 19.7 Å². The number of piperidine rings is 1. The fourth-order valence-corrected chi connectivity index (χ4v) is 5.24. The smallest absolute Gasteiger partial charge is 0.223 e. The van der Waals surface area contributed by atoms with Crippen LogP contribution in [0.1, 0.15) is 57.6 Å². The number of aryl methyl sites for hydroxylation is 1. The molecular weight excluding hydrogens is 356 g/mol. The molecule has 1 amide bonds. The summed E-state index contributed by atoms with van der Waals surface area (Å²) < 4.78 is 8.23. The van der Waals surface area contributed by atoms with E-state index in [0.717, 1.165) is 58.2 Å². The zero-order valence-electron chi connectivity index (χ0n) is 17.2. The van der Waals surface area contributed by atoms with Gasteiger partial charge in [0, 0.05) is 45.4 Å². The van der Waals surface area contributed by atoms with Crippen LogP contribution in [-0.2, 0) is 23.1 Å². The molecule has 1 aliphatic carbocycles. The minimum Gasteiger partial charge on any atom is -0.388 e. The van der Waals surface area contributed by atoms with Crippen molar-refractivity contribution in [3.05, 3.63) is 18.2 Å². The molecule has 2 atom stereocenters. The zero-order valence-corrected chi connectivity index (χ0v) is 17.2. The van der Waals surface area contributed by atoms with Crippen molar-refractivity contribution in [1.29, 1.82) is 0 Å². The van der Waals surface area contributed by atoms with Crippen molar-refractivity contribution in [3.8, 4) is 0 Å². The Morgan fingerprint density at radius 2 is 2.04 bits per heavy atom. The third-order valence-electron chi connectivity index (χ3n) is 7.25. The number of carbonyl (C=O) groups is 1. The summed E-state index contributed by atoms with van der Waals surface area (Å²) in [5.41, 5.74) is 0.0239. The van der Waals surface area contributed by atoms with Gasteiger partial charge in [-0.25, -0.2) is 4.98 Å². The summed E-state index contributed by atoms with van der Waals surface area (Å²) in [7, 11) is 2.01. The van der Waals surface area contributed by atoms with E-state index < -0.39 is 17.2 Å². The third-order valence-corrected chi connectivity index (χ3v) is 7.25. The fourth-order valence-electron chi connectivity index (χ4n) is 5.24. The summed E-state index contributed by atoms with van der Waals surface area (Å²) in [6.45, 7) is 5.18. The lowest BCUT2D eigenvalue weighted by atomic mass is 9.73. The minimum atomic E-state index is -0.682. The van der Waals surface area contributed by atoms with Crippen molar-refractivity contribution in [3.63, 3.8) is 0 Å². The maximum Gasteiger partial charge on any atom is 0.223 e. The number of aromatic nitrogens is 2. The van der Waals surface area contributed by atoms with Crippen LogP contribution in [-0.4, -0.2) is 62.4 Å². The van der Waals surface area contributed by atoms with Crippen LogP contribution in [0.15, 0.2) is 12.5 Å². The molecule has 1 saturated carbocycles. The molecule has 0 bridgehead atoms. The maximum absolute atomic E-state index is 12.7. The maximum atomic E-state index is 12.7. The number of nitrogens with zero attached hydrogens (tertiary/aromatic N) is 3. The van der Waals surface area contributed by atoms with Crippen LogP contribution in [0.4, 0.5) is 0 Å². The van der Waals surface area contributed by atoms with E-state index >= 15 is 0 Å². The predicted molar refractivity (Wildman–Crippen MR) is 106 cm³/mol. The number of ether oxygens (including phenoxy) is 1. The first-order valence-electron chi connectivity index (χ1n) is 10.7. The van der Waals surface area contributed by atoms with Crippen molar-refractivity contribution < 1.29 is 14.6 Å². The van der Waals surface area contributed by atoms with Gasteiger partial charge in [0.1, 0.15) is 6.10 Å². The zero-order chi connectivity index (χ0) is 19.8. The highest BCUT2D eigenvalue weighted by molar-refractivity contribution is 5.79. The summed E-state index contributed by atoms with van der Waals surface area (Å²) in [6.07, 6.45) is 9.49. The summed E-state index contributed by atoms with van der Waals surface area (Å²) in [4.78, 5) is 19.3. The van der Waals surface area contributed by atoms with Crippen molar-refractivity contribution in [1.82, 2.24) is 19.8 Å². The van der Waals surface area contributed by atoms with Crippen molar-refractivity contribution in [2.24, 2.45) is 13.0 Å². The third kappa shape index (κ3) is 3.72. The Kier molecular flexibility index (Phi) is 5.51. The molecule has 2 aliphatic heterocycles. The second kappa shape index (κ2) is 7.76. The van der Waals surface area contributed by atoms with Crippen molar-refractivity contribution in [2.45, 2.75) is 75.7 Å². The number of carbonyl (C=O) groups excluding carboxylic acids is 1. The predicted octanol–water partition coefficient (Wildman–Crippen LogP) is 1.60. The van der Waals surface area contributed by atoms with E-state index in [2.05, 4.69) is 15.2 Å². The van der Waals surface area contributed by atoms with Gasteiger partial charge in [-0.05, 0) is 39.0 Å². The number of aliphatic hydroxyl groups excluding tert-OH is 1. The number of imidazole rings is 1. The molecule has 2 saturated heterocycles. The highest BCUT2D eigenvalue weighted by atomic mass is 16.5. The molecule has 2 N–H and O–H groups in total. The molecule has 0 unspecified atom stereocenters. The van der Waals surface area contributed by atoms with Gasteiger partial charge in [0.15, 0.2) is 0 Å². The minimum absolute atomic E-state index is 0.114. The van der Waals surface area contributed by atoms with Crippen LogP contribution < -0.4 is 5.32 Å². The Balaban J connectivity index is 1.39. The van der Waals surface area contributed by atoms with E-state index in [4.69, 9.17) is 4.74 Å². The Morgan fingerprint density at radius 1 is 1.32 bits per heavy atom. The van der Waals surface area contributed by atoms with Gasteiger partial charge in [0.25, 0.3) is 0 Å². The number of aliphatic hydroxyl groups is 1. The second-order valence-electron chi connectivity index (χ2n) is 9.23. The van der Waals surface area contributed by atoms with Crippen LogP contribution >= 0.6 is 0 Å². The molecule has 1 aromatic rings. The number of rotatable bonds is 4. The molecule has 0 radical (unpaired) electrons. The first-order chi connectivity index (χ1) is 13.4. The number of nitrogens with one attached hydrogen (secondary N) is 1. The highest BCUT2D eigenvalue weighted by Gasteiger charge is 2.54. The van der Waals surface area contributed by atoms with Gasteiger partial charge in [-0.3, -0.25) is 9.69 Å².